The van der Waals surface area contributed by atoms with Crippen LogP contribution >= 0.6 is 11.3 Å². The number of amides is 1. The molecule has 5 nitrogen and oxygen atoms in total. The van der Waals surface area contributed by atoms with Gasteiger partial charge in [-0.1, -0.05) is 13.0 Å². The lowest BCUT2D eigenvalue weighted by Gasteiger charge is -2.14. The summed E-state index contributed by atoms with van der Waals surface area (Å²) in [6.45, 7) is 4.87. The molecule has 1 aromatic heterocycles. The zero-order valence-electron chi connectivity index (χ0n) is 12.1. The summed E-state index contributed by atoms with van der Waals surface area (Å²) >= 11 is 1.59. The molecule has 1 aromatic carbocycles. The molecule has 0 fully saturated rings. The SMILES string of the molecule is CCOc1c(N)cccc1C(=O)NCC(C)c1nccs1. The van der Waals surface area contributed by atoms with Crippen molar-refractivity contribution in [1.29, 1.82) is 0 Å². The Kier molecular flexibility index (Phi) is 5.16. The number of nitrogens with one attached hydrogen (secondary N) is 1. The molecule has 112 valence electrons. The summed E-state index contributed by atoms with van der Waals surface area (Å²) in [7, 11) is 0. The molecule has 0 saturated heterocycles. The van der Waals surface area contributed by atoms with Crippen LogP contribution in [-0.4, -0.2) is 24.0 Å². The van der Waals surface area contributed by atoms with Crippen LogP contribution in [0, 0.1) is 0 Å². The van der Waals surface area contributed by atoms with Gasteiger partial charge in [0.2, 0.25) is 0 Å². The van der Waals surface area contributed by atoms with Crippen LogP contribution in [-0.2, 0) is 0 Å². The van der Waals surface area contributed by atoms with E-state index in [1.807, 2.05) is 19.2 Å². The van der Waals surface area contributed by atoms with Crippen LogP contribution in [0.4, 0.5) is 5.69 Å². The van der Waals surface area contributed by atoms with E-state index < -0.39 is 0 Å². The van der Waals surface area contributed by atoms with Gasteiger partial charge in [0.15, 0.2) is 5.75 Å². The molecule has 1 atom stereocenters. The molecule has 0 aliphatic rings. The molecule has 1 amide bonds. The van der Waals surface area contributed by atoms with Crippen LogP contribution < -0.4 is 15.8 Å². The Morgan fingerprint density at radius 3 is 3.00 bits per heavy atom. The fourth-order valence-corrected chi connectivity index (χ4v) is 2.64. The average Bonchev–Trinajstić information content (AvgIpc) is 3.01. The van der Waals surface area contributed by atoms with E-state index in [0.29, 0.717) is 30.2 Å². The summed E-state index contributed by atoms with van der Waals surface area (Å²) in [6.07, 6.45) is 1.77. The van der Waals surface area contributed by atoms with Crippen LogP contribution in [0.5, 0.6) is 5.75 Å². The molecule has 6 heteroatoms. The lowest BCUT2D eigenvalue weighted by atomic mass is 10.1. The number of thiazole rings is 1. The quantitative estimate of drug-likeness (QED) is 0.804. The lowest BCUT2D eigenvalue weighted by molar-refractivity contribution is 0.0948. The summed E-state index contributed by atoms with van der Waals surface area (Å²) in [6, 6.07) is 5.18. The monoisotopic (exact) mass is 305 g/mol. The summed E-state index contributed by atoms with van der Waals surface area (Å²) in [5.41, 5.74) is 6.80. The Morgan fingerprint density at radius 1 is 1.52 bits per heavy atom. The molecular formula is C15H19N3O2S. The molecule has 1 unspecified atom stereocenters. The van der Waals surface area contributed by atoms with E-state index in [1.165, 1.54) is 0 Å². The van der Waals surface area contributed by atoms with Gasteiger partial charge < -0.3 is 15.8 Å². The van der Waals surface area contributed by atoms with Crippen LogP contribution in [0.1, 0.15) is 35.1 Å². The largest absolute Gasteiger partial charge is 0.491 e. The Hall–Kier alpha value is -2.08. The molecular weight excluding hydrogens is 286 g/mol. The minimum absolute atomic E-state index is 0.172. The van der Waals surface area contributed by atoms with Crippen LogP contribution in [0.15, 0.2) is 29.8 Å². The number of benzene rings is 1. The highest BCUT2D eigenvalue weighted by Gasteiger charge is 2.16. The number of carbonyl (C=O) groups excluding carboxylic acids is 1. The van der Waals surface area contributed by atoms with Gasteiger partial charge in [0.25, 0.3) is 5.91 Å². The number of para-hydroxylation sites is 1. The fourth-order valence-electron chi connectivity index (χ4n) is 1.95. The smallest absolute Gasteiger partial charge is 0.255 e. The van der Waals surface area contributed by atoms with Gasteiger partial charge in [-0.3, -0.25) is 4.79 Å². The van der Waals surface area contributed by atoms with Gasteiger partial charge in [-0.25, -0.2) is 4.98 Å². The molecule has 0 aliphatic heterocycles. The number of hydrogen-bond acceptors (Lipinski definition) is 5. The summed E-state index contributed by atoms with van der Waals surface area (Å²) in [5.74, 6) is 0.430. The van der Waals surface area contributed by atoms with Gasteiger partial charge in [0, 0.05) is 24.0 Å². The van der Waals surface area contributed by atoms with E-state index in [0.717, 1.165) is 5.01 Å². The van der Waals surface area contributed by atoms with Gasteiger partial charge in [-0.05, 0) is 19.1 Å². The molecule has 0 spiro atoms. The molecule has 0 bridgehead atoms. The van der Waals surface area contributed by atoms with Crippen molar-refractivity contribution in [3.63, 3.8) is 0 Å². The van der Waals surface area contributed by atoms with Gasteiger partial charge in [0.05, 0.1) is 22.9 Å². The molecule has 3 N–H and O–H groups in total. The van der Waals surface area contributed by atoms with Crippen molar-refractivity contribution in [2.24, 2.45) is 0 Å². The highest BCUT2D eigenvalue weighted by Crippen LogP contribution is 2.26. The third-order valence-corrected chi connectivity index (χ3v) is 4.03. The molecule has 0 aliphatic carbocycles. The van der Waals surface area contributed by atoms with Crippen molar-refractivity contribution in [3.8, 4) is 5.75 Å². The number of ether oxygens (including phenoxy) is 1. The first-order valence-electron chi connectivity index (χ1n) is 6.82. The van der Waals surface area contributed by atoms with E-state index in [1.54, 1.807) is 35.7 Å². The van der Waals surface area contributed by atoms with Crippen molar-refractivity contribution in [2.75, 3.05) is 18.9 Å². The average molecular weight is 305 g/mol. The summed E-state index contributed by atoms with van der Waals surface area (Å²) in [4.78, 5) is 16.6. The van der Waals surface area contributed by atoms with E-state index >= 15 is 0 Å². The van der Waals surface area contributed by atoms with Crippen molar-refractivity contribution in [3.05, 3.63) is 40.3 Å². The maximum atomic E-state index is 12.3. The third kappa shape index (κ3) is 3.72. The van der Waals surface area contributed by atoms with Gasteiger partial charge in [-0.2, -0.15) is 0 Å². The maximum Gasteiger partial charge on any atom is 0.255 e. The molecule has 2 rings (SSSR count). The van der Waals surface area contributed by atoms with E-state index in [4.69, 9.17) is 10.5 Å². The van der Waals surface area contributed by atoms with Gasteiger partial charge >= 0.3 is 0 Å². The third-order valence-electron chi connectivity index (χ3n) is 3.02. The number of carbonyl (C=O) groups is 1. The zero-order chi connectivity index (χ0) is 15.2. The molecule has 2 aromatic rings. The second-order valence-corrected chi connectivity index (χ2v) is 5.56. The summed E-state index contributed by atoms with van der Waals surface area (Å²) < 4.78 is 5.47. The number of nitrogens with zero attached hydrogens (tertiary/aromatic N) is 1. The van der Waals surface area contributed by atoms with Crippen molar-refractivity contribution in [1.82, 2.24) is 10.3 Å². The Morgan fingerprint density at radius 2 is 2.33 bits per heavy atom. The topological polar surface area (TPSA) is 77.2 Å². The van der Waals surface area contributed by atoms with Crippen LogP contribution in [0.3, 0.4) is 0 Å². The Balaban J connectivity index is 2.05. The predicted molar refractivity (Wildman–Crippen MR) is 84.9 cm³/mol. The van der Waals surface area contributed by atoms with Crippen LogP contribution in [0.2, 0.25) is 0 Å². The van der Waals surface area contributed by atoms with E-state index in [9.17, 15) is 4.79 Å². The molecule has 1 heterocycles. The number of anilines is 1. The number of nitrogens with two attached hydrogens (primary N) is 1. The fraction of sp³-hybridized carbons (Fsp3) is 0.333. The summed E-state index contributed by atoms with van der Waals surface area (Å²) in [5, 5.41) is 5.84. The highest BCUT2D eigenvalue weighted by atomic mass is 32.1. The Labute approximate surface area is 128 Å². The van der Waals surface area contributed by atoms with Gasteiger partial charge in [0.1, 0.15) is 0 Å². The van der Waals surface area contributed by atoms with Crippen molar-refractivity contribution in [2.45, 2.75) is 19.8 Å². The standard InChI is InChI=1S/C15H19N3O2S/c1-3-20-13-11(5-4-6-12(13)16)14(19)18-9-10(2)15-17-7-8-21-15/h4-8,10H,3,9,16H2,1-2H3,(H,18,19). The van der Waals surface area contributed by atoms with E-state index in [-0.39, 0.29) is 11.8 Å². The number of hydrogen-bond donors (Lipinski definition) is 2. The maximum absolute atomic E-state index is 12.3. The van der Waals surface area contributed by atoms with E-state index in [2.05, 4.69) is 10.3 Å². The number of nitrogen functional groups attached to an aromatic ring is 1. The lowest BCUT2D eigenvalue weighted by Crippen LogP contribution is -2.28. The zero-order valence-corrected chi connectivity index (χ0v) is 12.9. The first-order valence-corrected chi connectivity index (χ1v) is 7.70. The van der Waals surface area contributed by atoms with Crippen molar-refractivity contribution >= 4 is 22.9 Å². The molecule has 21 heavy (non-hydrogen) atoms. The van der Waals surface area contributed by atoms with Crippen molar-refractivity contribution < 1.29 is 9.53 Å². The predicted octanol–water partition coefficient (Wildman–Crippen LogP) is 2.66. The van der Waals surface area contributed by atoms with Gasteiger partial charge in [-0.15, -0.1) is 11.3 Å². The normalized spacial score (nSPS) is 11.9. The second-order valence-electron chi connectivity index (χ2n) is 4.64. The highest BCUT2D eigenvalue weighted by molar-refractivity contribution is 7.09. The second kappa shape index (κ2) is 7.08. The first kappa shape index (κ1) is 15.3. The minimum Gasteiger partial charge on any atom is -0.491 e. The number of aromatic nitrogens is 1. The van der Waals surface area contributed by atoms with Crippen LogP contribution in [0.25, 0.3) is 0 Å². The Bertz CT molecular complexity index is 599. The molecule has 0 saturated carbocycles. The molecule has 0 radical (unpaired) electrons. The minimum atomic E-state index is -0.186. The first-order chi connectivity index (χ1) is 10.1. The number of rotatable bonds is 6.